The Hall–Kier alpha value is -2.01. The molecule has 0 aromatic carbocycles. The van der Waals surface area contributed by atoms with E-state index in [0.29, 0.717) is 24.0 Å². The van der Waals surface area contributed by atoms with E-state index in [2.05, 4.69) is 25.6 Å². The smallest absolute Gasteiger partial charge is 0.270 e. The summed E-state index contributed by atoms with van der Waals surface area (Å²) in [5, 5.41) is 13.9. The molecule has 0 aliphatic rings. The molecule has 1 heterocycles. The highest BCUT2D eigenvalue weighted by molar-refractivity contribution is 7.98. The minimum Gasteiger partial charge on any atom is -0.356 e. The number of hydrogen-bond donors (Lipinski definition) is 3. The Morgan fingerprint density at radius 3 is 3.21 bits per heavy atom. The molecular formula is C11H16N6OS. The molecule has 0 spiro atoms. The number of aliphatic imine (C=N–C) groups is 1. The van der Waals surface area contributed by atoms with Gasteiger partial charge in [-0.15, -0.1) is 0 Å². The Labute approximate surface area is 115 Å². The van der Waals surface area contributed by atoms with Crippen LogP contribution in [-0.2, 0) is 5.75 Å². The third-order valence-corrected chi connectivity index (χ3v) is 3.23. The first-order valence-electron chi connectivity index (χ1n) is 5.74. The van der Waals surface area contributed by atoms with Gasteiger partial charge < -0.3 is 10.3 Å². The Bertz CT molecular complexity index is 506. The number of nitrogens with one attached hydrogen (secondary N) is 3. The van der Waals surface area contributed by atoms with Crippen molar-refractivity contribution in [2.24, 2.45) is 4.99 Å². The maximum absolute atomic E-state index is 11.3. The van der Waals surface area contributed by atoms with Crippen LogP contribution in [0.25, 0.3) is 0 Å². The number of aromatic amines is 1. The molecule has 0 saturated heterocycles. The van der Waals surface area contributed by atoms with Crippen LogP contribution in [0.1, 0.15) is 12.1 Å². The Kier molecular flexibility index (Phi) is 7.12. The summed E-state index contributed by atoms with van der Waals surface area (Å²) in [6.45, 7) is 0.715. The first-order valence-corrected chi connectivity index (χ1v) is 6.89. The lowest BCUT2D eigenvalue weighted by Crippen LogP contribution is -2.35. The number of rotatable bonds is 6. The first kappa shape index (κ1) is 15.0. The minimum absolute atomic E-state index is 0.133. The molecule has 0 radical (unpaired) electrons. The SMILES string of the molecule is CN=C(NC#N)NCCCSCc1ncc[nH]c1=O. The van der Waals surface area contributed by atoms with Crippen molar-refractivity contribution in [2.75, 3.05) is 19.3 Å². The second-order valence-electron chi connectivity index (χ2n) is 3.51. The summed E-state index contributed by atoms with van der Waals surface area (Å²) in [5.74, 6) is 1.96. The Morgan fingerprint density at radius 2 is 2.53 bits per heavy atom. The zero-order valence-corrected chi connectivity index (χ0v) is 11.5. The molecule has 3 N–H and O–H groups in total. The van der Waals surface area contributed by atoms with Gasteiger partial charge in [0, 0.05) is 31.7 Å². The number of hydrogen-bond acceptors (Lipinski definition) is 5. The molecule has 0 atom stereocenters. The van der Waals surface area contributed by atoms with Crippen LogP contribution in [0.2, 0.25) is 0 Å². The standard InChI is InChI=1S/C11H16N6OS/c1-13-11(17-8-12)16-3-2-6-19-7-9-10(18)15-5-4-14-9/h4-5H,2-3,6-7H2,1H3,(H,15,18)(H2,13,16,17). The highest BCUT2D eigenvalue weighted by atomic mass is 32.2. The minimum atomic E-state index is -0.133. The lowest BCUT2D eigenvalue weighted by Gasteiger charge is -2.06. The monoisotopic (exact) mass is 280 g/mol. The van der Waals surface area contributed by atoms with Gasteiger partial charge in [-0.2, -0.15) is 17.0 Å². The molecule has 0 unspecified atom stereocenters. The summed E-state index contributed by atoms with van der Waals surface area (Å²) in [5.41, 5.74) is 0.411. The maximum Gasteiger partial charge on any atom is 0.270 e. The van der Waals surface area contributed by atoms with Crippen LogP contribution in [0, 0.1) is 11.5 Å². The van der Waals surface area contributed by atoms with Crippen LogP contribution in [0.15, 0.2) is 22.2 Å². The number of nitrogens with zero attached hydrogens (tertiary/aromatic N) is 3. The molecular weight excluding hydrogens is 264 g/mol. The van der Waals surface area contributed by atoms with E-state index in [4.69, 9.17) is 5.26 Å². The molecule has 0 saturated carbocycles. The van der Waals surface area contributed by atoms with E-state index >= 15 is 0 Å². The van der Waals surface area contributed by atoms with E-state index in [9.17, 15) is 4.79 Å². The molecule has 0 bridgehead atoms. The zero-order chi connectivity index (χ0) is 13.9. The van der Waals surface area contributed by atoms with Crippen molar-refractivity contribution in [3.63, 3.8) is 0 Å². The van der Waals surface area contributed by atoms with E-state index in [1.54, 1.807) is 31.2 Å². The quantitative estimate of drug-likeness (QED) is 0.223. The lowest BCUT2D eigenvalue weighted by molar-refractivity contribution is 0.827. The summed E-state index contributed by atoms with van der Waals surface area (Å²) >= 11 is 1.65. The number of nitriles is 1. The van der Waals surface area contributed by atoms with Crippen LogP contribution in [0.3, 0.4) is 0 Å². The third kappa shape index (κ3) is 5.92. The van der Waals surface area contributed by atoms with Crippen molar-refractivity contribution in [1.82, 2.24) is 20.6 Å². The van der Waals surface area contributed by atoms with E-state index in [0.717, 1.165) is 12.2 Å². The van der Waals surface area contributed by atoms with Gasteiger partial charge in [-0.1, -0.05) is 0 Å². The molecule has 0 fully saturated rings. The normalized spacial score (nSPS) is 10.8. The number of aromatic nitrogens is 2. The topological polar surface area (TPSA) is 106 Å². The molecule has 19 heavy (non-hydrogen) atoms. The van der Waals surface area contributed by atoms with Crippen LogP contribution >= 0.6 is 11.8 Å². The summed E-state index contributed by atoms with van der Waals surface area (Å²) in [4.78, 5) is 21.8. The molecule has 8 heteroatoms. The maximum atomic E-state index is 11.3. The van der Waals surface area contributed by atoms with Gasteiger partial charge in [-0.05, 0) is 12.2 Å². The van der Waals surface area contributed by atoms with Crippen LogP contribution in [0.4, 0.5) is 0 Å². The molecule has 0 aliphatic heterocycles. The zero-order valence-electron chi connectivity index (χ0n) is 10.6. The predicted octanol–water partition coefficient (Wildman–Crippen LogP) is 0.0393. The fourth-order valence-corrected chi connectivity index (χ4v) is 2.16. The van der Waals surface area contributed by atoms with E-state index in [1.165, 1.54) is 6.20 Å². The van der Waals surface area contributed by atoms with Crippen molar-refractivity contribution in [2.45, 2.75) is 12.2 Å². The van der Waals surface area contributed by atoms with Crippen LogP contribution in [-0.4, -0.2) is 35.3 Å². The average molecular weight is 280 g/mol. The van der Waals surface area contributed by atoms with E-state index in [1.807, 2.05) is 0 Å². The van der Waals surface area contributed by atoms with Crippen molar-refractivity contribution < 1.29 is 0 Å². The highest BCUT2D eigenvalue weighted by Gasteiger charge is 2.00. The first-order chi connectivity index (χ1) is 9.27. The van der Waals surface area contributed by atoms with Gasteiger partial charge in [0.15, 0.2) is 6.19 Å². The second-order valence-corrected chi connectivity index (χ2v) is 4.61. The summed E-state index contributed by atoms with van der Waals surface area (Å²) < 4.78 is 0. The molecule has 1 aromatic heterocycles. The lowest BCUT2D eigenvalue weighted by atomic mass is 10.5. The summed E-state index contributed by atoms with van der Waals surface area (Å²) in [6.07, 6.45) is 5.81. The summed E-state index contributed by atoms with van der Waals surface area (Å²) in [7, 11) is 1.61. The van der Waals surface area contributed by atoms with E-state index < -0.39 is 0 Å². The average Bonchev–Trinajstić information content (AvgIpc) is 2.43. The molecule has 1 aromatic rings. The number of H-pyrrole nitrogens is 1. The molecule has 7 nitrogen and oxygen atoms in total. The van der Waals surface area contributed by atoms with Crippen molar-refractivity contribution in [3.05, 3.63) is 28.4 Å². The largest absolute Gasteiger partial charge is 0.356 e. The van der Waals surface area contributed by atoms with Gasteiger partial charge in [-0.25, -0.2) is 0 Å². The van der Waals surface area contributed by atoms with Crippen LogP contribution in [0.5, 0.6) is 0 Å². The third-order valence-electron chi connectivity index (χ3n) is 2.18. The highest BCUT2D eigenvalue weighted by Crippen LogP contribution is 2.07. The molecule has 0 amide bonds. The fourth-order valence-electron chi connectivity index (χ4n) is 1.27. The van der Waals surface area contributed by atoms with Gasteiger partial charge in [0.05, 0.1) is 0 Å². The summed E-state index contributed by atoms with van der Waals surface area (Å²) in [6, 6.07) is 0. The Balaban J connectivity index is 2.14. The van der Waals surface area contributed by atoms with Gasteiger partial charge >= 0.3 is 0 Å². The van der Waals surface area contributed by atoms with Gasteiger partial charge in [-0.3, -0.25) is 20.1 Å². The van der Waals surface area contributed by atoms with Crippen molar-refractivity contribution in [1.29, 1.82) is 5.26 Å². The molecule has 0 aliphatic carbocycles. The van der Waals surface area contributed by atoms with Gasteiger partial charge in [0.25, 0.3) is 5.56 Å². The predicted molar refractivity (Wildman–Crippen MR) is 75.7 cm³/mol. The van der Waals surface area contributed by atoms with E-state index in [-0.39, 0.29) is 5.56 Å². The van der Waals surface area contributed by atoms with Gasteiger partial charge in [0.2, 0.25) is 5.96 Å². The van der Waals surface area contributed by atoms with Crippen LogP contribution < -0.4 is 16.2 Å². The number of guanidine groups is 1. The van der Waals surface area contributed by atoms with Crippen molar-refractivity contribution >= 4 is 17.7 Å². The van der Waals surface area contributed by atoms with Crippen molar-refractivity contribution in [3.8, 4) is 6.19 Å². The second kappa shape index (κ2) is 8.99. The number of thioether (sulfide) groups is 1. The molecule has 1 rings (SSSR count). The van der Waals surface area contributed by atoms with Gasteiger partial charge in [0.1, 0.15) is 5.69 Å². The molecule has 102 valence electrons. The fraction of sp³-hybridized carbons (Fsp3) is 0.455. The Morgan fingerprint density at radius 1 is 1.68 bits per heavy atom.